The second-order valence-corrected chi connectivity index (χ2v) is 6.07. The highest BCUT2D eigenvalue weighted by atomic mass is 16.1. The van der Waals surface area contributed by atoms with Gasteiger partial charge in [-0.15, -0.1) is 0 Å². The summed E-state index contributed by atoms with van der Waals surface area (Å²) in [6.45, 7) is 8.84. The summed E-state index contributed by atoms with van der Waals surface area (Å²) in [6.07, 6.45) is 3.27. The lowest BCUT2D eigenvalue weighted by molar-refractivity contribution is -0.121. The average Bonchev–Trinajstić information content (AvgIpc) is 2.99. The molecule has 0 atom stereocenters. The molecule has 1 amide bonds. The molecular formula is C17H26N4O. The predicted molar refractivity (Wildman–Crippen MR) is 87.7 cm³/mol. The van der Waals surface area contributed by atoms with E-state index < -0.39 is 0 Å². The Bertz CT molecular complexity index is 652. The van der Waals surface area contributed by atoms with E-state index in [1.807, 2.05) is 41.5 Å². The van der Waals surface area contributed by atoms with Crippen molar-refractivity contribution in [3.8, 4) is 0 Å². The minimum absolute atomic E-state index is 0.0808. The molecule has 0 bridgehead atoms. The normalized spacial score (nSPS) is 11.2. The zero-order valence-electron chi connectivity index (χ0n) is 14.2. The standard InChI is InChI=1S/C17H26N4O/c1-12(2)21-14(4)16(13(3)19-21)11-18-17(22)9-8-15-7-6-10-20(15)5/h6-7,10,12H,8-9,11H2,1-5H3,(H,18,22). The molecule has 120 valence electrons. The quantitative estimate of drug-likeness (QED) is 0.892. The maximum Gasteiger partial charge on any atom is 0.220 e. The molecule has 0 aliphatic carbocycles. The first-order chi connectivity index (χ1) is 10.4. The molecule has 2 aromatic heterocycles. The second kappa shape index (κ2) is 6.81. The Kier molecular flexibility index (Phi) is 5.06. The van der Waals surface area contributed by atoms with E-state index in [0.717, 1.165) is 23.4 Å². The minimum atomic E-state index is 0.0808. The first-order valence-electron chi connectivity index (χ1n) is 7.81. The van der Waals surface area contributed by atoms with E-state index in [1.54, 1.807) is 0 Å². The van der Waals surface area contributed by atoms with Gasteiger partial charge in [-0.25, -0.2) is 0 Å². The molecule has 0 fully saturated rings. The third-order valence-electron chi connectivity index (χ3n) is 4.09. The van der Waals surface area contributed by atoms with E-state index in [9.17, 15) is 4.79 Å². The number of hydrogen-bond acceptors (Lipinski definition) is 2. The molecule has 0 saturated carbocycles. The van der Waals surface area contributed by atoms with Crippen LogP contribution in [0.5, 0.6) is 0 Å². The number of nitrogens with zero attached hydrogens (tertiary/aromatic N) is 3. The second-order valence-electron chi connectivity index (χ2n) is 6.07. The third-order valence-corrected chi connectivity index (χ3v) is 4.09. The van der Waals surface area contributed by atoms with Crippen molar-refractivity contribution in [3.63, 3.8) is 0 Å². The Morgan fingerprint density at radius 2 is 2.09 bits per heavy atom. The van der Waals surface area contributed by atoms with Crippen molar-refractivity contribution >= 4 is 5.91 Å². The number of amides is 1. The fourth-order valence-corrected chi connectivity index (χ4v) is 2.73. The molecule has 2 rings (SSSR count). The van der Waals surface area contributed by atoms with E-state index in [2.05, 4.69) is 31.2 Å². The van der Waals surface area contributed by atoms with Crippen LogP contribution < -0.4 is 5.32 Å². The van der Waals surface area contributed by atoms with Crippen molar-refractivity contribution in [3.05, 3.63) is 41.0 Å². The largest absolute Gasteiger partial charge is 0.354 e. The van der Waals surface area contributed by atoms with E-state index >= 15 is 0 Å². The van der Waals surface area contributed by atoms with E-state index in [1.165, 1.54) is 5.69 Å². The molecule has 0 aliphatic heterocycles. The van der Waals surface area contributed by atoms with Gasteiger partial charge in [0.2, 0.25) is 5.91 Å². The molecule has 1 N–H and O–H groups in total. The van der Waals surface area contributed by atoms with E-state index in [4.69, 9.17) is 0 Å². The molecule has 0 radical (unpaired) electrons. The number of hydrogen-bond donors (Lipinski definition) is 1. The van der Waals surface area contributed by atoms with Crippen LogP contribution in [0.4, 0.5) is 0 Å². The van der Waals surface area contributed by atoms with Gasteiger partial charge < -0.3 is 9.88 Å². The van der Waals surface area contributed by atoms with Crippen molar-refractivity contribution in [2.45, 2.75) is 53.1 Å². The summed E-state index contributed by atoms with van der Waals surface area (Å²) in [5.74, 6) is 0.0808. The van der Waals surface area contributed by atoms with Gasteiger partial charge in [0.1, 0.15) is 0 Å². The summed E-state index contributed by atoms with van der Waals surface area (Å²) in [4.78, 5) is 12.0. The van der Waals surface area contributed by atoms with Crippen molar-refractivity contribution < 1.29 is 4.79 Å². The molecule has 0 unspecified atom stereocenters. The summed E-state index contributed by atoms with van der Waals surface area (Å²) in [5.41, 5.74) is 4.43. The number of nitrogens with one attached hydrogen (secondary N) is 1. The fourth-order valence-electron chi connectivity index (χ4n) is 2.73. The number of aromatic nitrogens is 3. The average molecular weight is 302 g/mol. The van der Waals surface area contributed by atoms with Crippen LogP contribution >= 0.6 is 0 Å². The highest BCUT2D eigenvalue weighted by Crippen LogP contribution is 2.17. The van der Waals surface area contributed by atoms with Crippen LogP contribution in [0.25, 0.3) is 0 Å². The van der Waals surface area contributed by atoms with Crippen LogP contribution in [0.3, 0.4) is 0 Å². The van der Waals surface area contributed by atoms with Crippen LogP contribution in [0.1, 0.15) is 49.0 Å². The van der Waals surface area contributed by atoms with Gasteiger partial charge in [0, 0.05) is 49.2 Å². The summed E-state index contributed by atoms with van der Waals surface area (Å²) in [7, 11) is 2.00. The van der Waals surface area contributed by atoms with Gasteiger partial charge in [0.25, 0.3) is 0 Å². The monoisotopic (exact) mass is 302 g/mol. The maximum absolute atomic E-state index is 12.0. The SMILES string of the molecule is Cc1nn(C(C)C)c(C)c1CNC(=O)CCc1cccn1C. The first kappa shape index (κ1) is 16.3. The molecule has 0 saturated heterocycles. The molecule has 5 heteroatoms. The van der Waals surface area contributed by atoms with Crippen LogP contribution in [-0.2, 0) is 24.8 Å². The molecule has 2 aromatic rings. The molecule has 0 aliphatic rings. The van der Waals surface area contributed by atoms with Crippen LogP contribution in [-0.4, -0.2) is 20.3 Å². The van der Waals surface area contributed by atoms with E-state index in [-0.39, 0.29) is 5.91 Å². The number of rotatable bonds is 6. The Hall–Kier alpha value is -2.04. The third kappa shape index (κ3) is 3.59. The van der Waals surface area contributed by atoms with Crippen molar-refractivity contribution in [1.82, 2.24) is 19.7 Å². The van der Waals surface area contributed by atoms with Gasteiger partial charge in [0.05, 0.1) is 5.69 Å². The van der Waals surface area contributed by atoms with Gasteiger partial charge in [-0.2, -0.15) is 5.10 Å². The van der Waals surface area contributed by atoms with Gasteiger partial charge in [-0.05, 0) is 46.2 Å². The van der Waals surface area contributed by atoms with Crippen LogP contribution in [0.15, 0.2) is 18.3 Å². The highest BCUT2D eigenvalue weighted by molar-refractivity contribution is 5.76. The lowest BCUT2D eigenvalue weighted by Gasteiger charge is -2.09. The molecule has 0 spiro atoms. The zero-order valence-corrected chi connectivity index (χ0v) is 14.2. The fraction of sp³-hybridized carbons (Fsp3) is 0.529. The smallest absolute Gasteiger partial charge is 0.220 e. The molecule has 0 aromatic carbocycles. The lowest BCUT2D eigenvalue weighted by atomic mass is 10.2. The van der Waals surface area contributed by atoms with Crippen LogP contribution in [0.2, 0.25) is 0 Å². The predicted octanol–water partition coefficient (Wildman–Crippen LogP) is 2.67. The summed E-state index contributed by atoms with van der Waals surface area (Å²) < 4.78 is 4.06. The first-order valence-corrected chi connectivity index (χ1v) is 7.81. The van der Waals surface area contributed by atoms with Crippen molar-refractivity contribution in [1.29, 1.82) is 0 Å². The Balaban J connectivity index is 1.90. The summed E-state index contributed by atoms with van der Waals surface area (Å²) in [6, 6.07) is 4.38. The van der Waals surface area contributed by atoms with Crippen molar-refractivity contribution in [2.75, 3.05) is 0 Å². The molecule has 22 heavy (non-hydrogen) atoms. The summed E-state index contributed by atoms with van der Waals surface area (Å²) in [5, 5.41) is 7.56. The summed E-state index contributed by atoms with van der Waals surface area (Å²) >= 11 is 0. The van der Waals surface area contributed by atoms with Gasteiger partial charge >= 0.3 is 0 Å². The Morgan fingerprint density at radius 1 is 1.36 bits per heavy atom. The number of aryl methyl sites for hydroxylation is 3. The van der Waals surface area contributed by atoms with Crippen LogP contribution in [0, 0.1) is 13.8 Å². The van der Waals surface area contributed by atoms with Crippen molar-refractivity contribution in [2.24, 2.45) is 7.05 Å². The lowest BCUT2D eigenvalue weighted by Crippen LogP contribution is -2.24. The highest BCUT2D eigenvalue weighted by Gasteiger charge is 2.14. The maximum atomic E-state index is 12.0. The minimum Gasteiger partial charge on any atom is -0.354 e. The topological polar surface area (TPSA) is 51.9 Å². The zero-order chi connectivity index (χ0) is 16.3. The number of carbonyl (C=O) groups excluding carboxylic acids is 1. The van der Waals surface area contributed by atoms with Gasteiger partial charge in [-0.3, -0.25) is 9.48 Å². The molecular weight excluding hydrogens is 276 g/mol. The molecule has 2 heterocycles. The van der Waals surface area contributed by atoms with Gasteiger partial charge in [0.15, 0.2) is 0 Å². The van der Waals surface area contributed by atoms with E-state index in [0.29, 0.717) is 19.0 Å². The Labute approximate surface area is 132 Å². The molecule has 5 nitrogen and oxygen atoms in total. The van der Waals surface area contributed by atoms with Gasteiger partial charge in [-0.1, -0.05) is 0 Å². The number of carbonyl (C=O) groups is 1. The Morgan fingerprint density at radius 3 is 2.64 bits per heavy atom.